The highest BCUT2D eigenvalue weighted by Crippen LogP contribution is 2.25. The largest absolute Gasteiger partial charge is 0.496 e. The van der Waals surface area contributed by atoms with Crippen LogP contribution >= 0.6 is 0 Å². The molecular weight excluding hydrogens is 214 g/mol. The molecule has 1 aromatic carbocycles. The number of hydrogen-bond acceptors (Lipinski definition) is 4. The van der Waals surface area contributed by atoms with E-state index < -0.39 is 0 Å². The zero-order valence-electron chi connectivity index (χ0n) is 9.90. The van der Waals surface area contributed by atoms with E-state index in [1.807, 2.05) is 25.1 Å². The molecule has 1 aromatic heterocycles. The average Bonchev–Trinajstić information content (AvgIpc) is 2.34. The van der Waals surface area contributed by atoms with Gasteiger partial charge in [0, 0.05) is 18.0 Å². The molecule has 88 valence electrons. The predicted molar refractivity (Wildman–Crippen MR) is 69.7 cm³/mol. The minimum Gasteiger partial charge on any atom is -0.496 e. The molecule has 2 rings (SSSR count). The first kappa shape index (κ1) is 11.3. The molecule has 1 heterocycles. The van der Waals surface area contributed by atoms with Gasteiger partial charge in [-0.25, -0.2) is 4.98 Å². The van der Waals surface area contributed by atoms with Crippen molar-refractivity contribution in [1.82, 2.24) is 4.98 Å². The molecule has 0 saturated heterocycles. The van der Waals surface area contributed by atoms with E-state index in [4.69, 9.17) is 10.5 Å². The number of nitrogens with one attached hydrogen (secondary N) is 1. The van der Waals surface area contributed by atoms with Crippen LogP contribution in [0.25, 0.3) is 0 Å². The molecule has 0 bridgehead atoms. The van der Waals surface area contributed by atoms with E-state index in [1.165, 1.54) is 0 Å². The van der Waals surface area contributed by atoms with Gasteiger partial charge < -0.3 is 15.8 Å². The fourth-order valence-electron chi connectivity index (χ4n) is 1.56. The lowest BCUT2D eigenvalue weighted by Gasteiger charge is -2.10. The Kier molecular flexibility index (Phi) is 3.14. The summed E-state index contributed by atoms with van der Waals surface area (Å²) < 4.78 is 5.26. The van der Waals surface area contributed by atoms with Crippen LogP contribution in [0, 0.1) is 6.92 Å². The van der Waals surface area contributed by atoms with E-state index >= 15 is 0 Å². The summed E-state index contributed by atoms with van der Waals surface area (Å²) in [6.45, 7) is 2.00. The molecule has 0 aliphatic rings. The molecule has 4 heteroatoms. The Morgan fingerprint density at radius 1 is 1.29 bits per heavy atom. The van der Waals surface area contributed by atoms with Crippen LogP contribution in [0.5, 0.6) is 5.75 Å². The maximum atomic E-state index is 5.81. The molecule has 0 aliphatic carbocycles. The lowest BCUT2D eigenvalue weighted by molar-refractivity contribution is 0.412. The number of pyridine rings is 1. The van der Waals surface area contributed by atoms with Crippen molar-refractivity contribution in [2.24, 2.45) is 0 Å². The molecule has 0 fully saturated rings. The molecule has 0 saturated carbocycles. The van der Waals surface area contributed by atoms with Gasteiger partial charge in [-0.15, -0.1) is 0 Å². The van der Waals surface area contributed by atoms with Crippen molar-refractivity contribution in [3.63, 3.8) is 0 Å². The molecule has 0 atom stereocenters. The summed E-state index contributed by atoms with van der Waals surface area (Å²) in [6, 6.07) is 9.48. The van der Waals surface area contributed by atoms with Crippen molar-refractivity contribution in [2.75, 3.05) is 18.2 Å². The molecule has 4 nitrogen and oxygen atoms in total. The average molecular weight is 229 g/mol. The van der Waals surface area contributed by atoms with E-state index in [9.17, 15) is 0 Å². The van der Waals surface area contributed by atoms with Crippen LogP contribution in [0.1, 0.15) is 5.56 Å². The number of ether oxygens (including phenoxy) is 1. The van der Waals surface area contributed by atoms with E-state index in [-0.39, 0.29) is 0 Å². The molecule has 0 radical (unpaired) electrons. The van der Waals surface area contributed by atoms with Gasteiger partial charge in [0.1, 0.15) is 5.75 Å². The normalized spacial score (nSPS) is 10.0. The van der Waals surface area contributed by atoms with Crippen LogP contribution in [0.15, 0.2) is 36.5 Å². The number of aryl methyl sites for hydroxylation is 1. The van der Waals surface area contributed by atoms with Gasteiger partial charge in [0.25, 0.3) is 0 Å². The third kappa shape index (κ3) is 2.47. The van der Waals surface area contributed by atoms with E-state index in [2.05, 4.69) is 10.3 Å². The first-order valence-corrected chi connectivity index (χ1v) is 5.33. The zero-order chi connectivity index (χ0) is 12.3. The minimum atomic E-state index is 0.618. The van der Waals surface area contributed by atoms with Gasteiger partial charge in [-0.1, -0.05) is 6.07 Å². The third-order valence-electron chi connectivity index (χ3n) is 2.51. The summed E-state index contributed by atoms with van der Waals surface area (Å²) in [7, 11) is 1.65. The Morgan fingerprint density at radius 2 is 2.12 bits per heavy atom. The maximum absolute atomic E-state index is 5.81. The SMILES string of the molecule is COc1cc(Nc2ncccc2N)ccc1C. The topological polar surface area (TPSA) is 60.2 Å². The summed E-state index contributed by atoms with van der Waals surface area (Å²) in [5.74, 6) is 1.49. The van der Waals surface area contributed by atoms with Gasteiger partial charge in [-0.2, -0.15) is 0 Å². The first-order chi connectivity index (χ1) is 8.20. The molecule has 17 heavy (non-hydrogen) atoms. The van der Waals surface area contributed by atoms with Crippen molar-refractivity contribution < 1.29 is 4.74 Å². The Hall–Kier alpha value is -2.23. The number of hydrogen-bond donors (Lipinski definition) is 2. The number of methoxy groups -OCH3 is 1. The number of anilines is 3. The molecule has 0 unspecified atom stereocenters. The van der Waals surface area contributed by atoms with Crippen LogP contribution in [0.2, 0.25) is 0 Å². The van der Waals surface area contributed by atoms with Crippen molar-refractivity contribution in [3.05, 3.63) is 42.1 Å². The third-order valence-corrected chi connectivity index (χ3v) is 2.51. The van der Waals surface area contributed by atoms with Crippen molar-refractivity contribution in [2.45, 2.75) is 6.92 Å². The second-order valence-electron chi connectivity index (χ2n) is 3.75. The van der Waals surface area contributed by atoms with Crippen LogP contribution in [0.4, 0.5) is 17.2 Å². The quantitative estimate of drug-likeness (QED) is 0.849. The number of rotatable bonds is 3. The van der Waals surface area contributed by atoms with Gasteiger partial charge in [-0.3, -0.25) is 0 Å². The Balaban J connectivity index is 2.28. The zero-order valence-corrected chi connectivity index (χ0v) is 9.90. The molecule has 0 amide bonds. The number of nitrogen functional groups attached to an aromatic ring is 1. The summed E-state index contributed by atoms with van der Waals surface area (Å²) in [5.41, 5.74) is 8.42. The molecule has 0 aliphatic heterocycles. The van der Waals surface area contributed by atoms with Gasteiger partial charge in [0.05, 0.1) is 12.8 Å². The Labute approximate surface area is 100 Å². The number of nitrogens with two attached hydrogens (primary N) is 1. The van der Waals surface area contributed by atoms with Crippen LogP contribution in [-0.2, 0) is 0 Å². The second-order valence-corrected chi connectivity index (χ2v) is 3.75. The van der Waals surface area contributed by atoms with E-state index in [0.717, 1.165) is 17.0 Å². The monoisotopic (exact) mass is 229 g/mol. The second kappa shape index (κ2) is 4.74. The fraction of sp³-hybridized carbons (Fsp3) is 0.154. The van der Waals surface area contributed by atoms with Crippen LogP contribution in [-0.4, -0.2) is 12.1 Å². The maximum Gasteiger partial charge on any atom is 0.153 e. The standard InChI is InChI=1S/C13H15N3O/c1-9-5-6-10(8-12(9)17-2)16-13-11(14)4-3-7-15-13/h3-8H,14H2,1-2H3,(H,15,16). The highest BCUT2D eigenvalue weighted by Gasteiger charge is 2.03. The molecule has 0 spiro atoms. The molecule has 2 aromatic rings. The fourth-order valence-corrected chi connectivity index (χ4v) is 1.56. The smallest absolute Gasteiger partial charge is 0.153 e. The van der Waals surface area contributed by atoms with Crippen molar-refractivity contribution in [3.8, 4) is 5.75 Å². The van der Waals surface area contributed by atoms with Gasteiger partial charge in [0.15, 0.2) is 5.82 Å². The summed E-state index contributed by atoms with van der Waals surface area (Å²) in [4.78, 5) is 4.17. The van der Waals surface area contributed by atoms with Gasteiger partial charge in [0.2, 0.25) is 0 Å². The van der Waals surface area contributed by atoms with Crippen LogP contribution < -0.4 is 15.8 Å². The van der Waals surface area contributed by atoms with E-state index in [1.54, 1.807) is 25.4 Å². The van der Waals surface area contributed by atoms with E-state index in [0.29, 0.717) is 11.5 Å². The Bertz CT molecular complexity index is 526. The van der Waals surface area contributed by atoms with Crippen LogP contribution in [0.3, 0.4) is 0 Å². The lowest BCUT2D eigenvalue weighted by atomic mass is 10.2. The van der Waals surface area contributed by atoms with Crippen molar-refractivity contribution in [1.29, 1.82) is 0 Å². The summed E-state index contributed by atoms with van der Waals surface area (Å²) in [6.07, 6.45) is 1.70. The van der Waals surface area contributed by atoms with Gasteiger partial charge in [-0.05, 0) is 30.7 Å². The molecular formula is C13H15N3O. The molecule has 3 N–H and O–H groups in total. The summed E-state index contributed by atoms with van der Waals surface area (Å²) in [5, 5.41) is 3.16. The number of aromatic nitrogens is 1. The minimum absolute atomic E-state index is 0.618. The van der Waals surface area contributed by atoms with Gasteiger partial charge >= 0.3 is 0 Å². The number of benzene rings is 1. The Morgan fingerprint density at radius 3 is 2.82 bits per heavy atom. The highest BCUT2D eigenvalue weighted by atomic mass is 16.5. The number of nitrogens with zero attached hydrogens (tertiary/aromatic N) is 1. The van der Waals surface area contributed by atoms with Crippen molar-refractivity contribution >= 4 is 17.2 Å². The summed E-state index contributed by atoms with van der Waals surface area (Å²) >= 11 is 0. The highest BCUT2D eigenvalue weighted by molar-refractivity contribution is 5.69. The first-order valence-electron chi connectivity index (χ1n) is 5.33. The predicted octanol–water partition coefficient (Wildman–Crippen LogP) is 2.72. The lowest BCUT2D eigenvalue weighted by Crippen LogP contribution is -1.99.